The van der Waals surface area contributed by atoms with Gasteiger partial charge in [-0.25, -0.2) is 4.39 Å². The van der Waals surface area contributed by atoms with E-state index in [9.17, 15) is 9.50 Å². The van der Waals surface area contributed by atoms with Crippen molar-refractivity contribution >= 4 is 5.69 Å². The lowest BCUT2D eigenvalue weighted by Gasteiger charge is -2.23. The van der Waals surface area contributed by atoms with Crippen LogP contribution in [0.5, 0.6) is 0 Å². The summed E-state index contributed by atoms with van der Waals surface area (Å²) < 4.78 is 14.0. The Morgan fingerprint density at radius 2 is 1.82 bits per heavy atom. The number of aliphatic hydroxyl groups is 1. The molecule has 1 N–H and O–H groups in total. The summed E-state index contributed by atoms with van der Waals surface area (Å²) in [5.74, 6) is -0.217. The fourth-order valence-electron chi connectivity index (χ4n) is 2.35. The molecular weight excluding hydrogens is 217 g/mol. The Balaban J connectivity index is 2.19. The smallest absolute Gasteiger partial charge is 0.146 e. The Morgan fingerprint density at radius 3 is 2.35 bits per heavy atom. The quantitative estimate of drug-likeness (QED) is 0.853. The molecule has 1 aromatic carbocycles. The predicted octanol–water partition coefficient (Wildman–Crippen LogP) is 3.26. The minimum Gasteiger partial charge on any atom is -0.389 e. The molecule has 94 valence electrons. The fourth-order valence-corrected chi connectivity index (χ4v) is 2.35. The lowest BCUT2D eigenvalue weighted by molar-refractivity contribution is 0.199. The molecule has 0 aliphatic carbocycles. The van der Waals surface area contributed by atoms with Crippen molar-refractivity contribution < 1.29 is 9.50 Å². The van der Waals surface area contributed by atoms with Crippen LogP contribution in [0.15, 0.2) is 18.2 Å². The number of anilines is 1. The first-order valence-corrected chi connectivity index (χ1v) is 6.41. The van der Waals surface area contributed by atoms with Gasteiger partial charge >= 0.3 is 0 Å². The van der Waals surface area contributed by atoms with Gasteiger partial charge in [-0.2, -0.15) is 0 Å². The molecule has 2 nitrogen and oxygen atoms in total. The monoisotopic (exact) mass is 237 g/mol. The predicted molar refractivity (Wildman–Crippen MR) is 67.7 cm³/mol. The number of halogens is 1. The second-order valence-corrected chi connectivity index (χ2v) is 4.79. The maximum atomic E-state index is 14.0. The van der Waals surface area contributed by atoms with Gasteiger partial charge in [-0.15, -0.1) is 0 Å². The number of rotatable bonds is 2. The number of aliphatic hydroxyl groups excluding tert-OH is 1. The third-order valence-corrected chi connectivity index (χ3v) is 3.40. The molecule has 0 spiro atoms. The molecule has 0 saturated carbocycles. The molecular formula is C14H20FNO. The van der Waals surface area contributed by atoms with Crippen LogP contribution in [0.3, 0.4) is 0 Å². The van der Waals surface area contributed by atoms with Crippen LogP contribution in [-0.2, 0) is 0 Å². The SMILES string of the molecule is C[C@@H](O)c1ccc(N2CCCCCC2)c(F)c1. The summed E-state index contributed by atoms with van der Waals surface area (Å²) in [6.45, 7) is 3.52. The van der Waals surface area contributed by atoms with Gasteiger partial charge in [0.15, 0.2) is 0 Å². The third kappa shape index (κ3) is 2.97. The van der Waals surface area contributed by atoms with Gasteiger partial charge in [0, 0.05) is 13.1 Å². The zero-order valence-corrected chi connectivity index (χ0v) is 10.3. The standard InChI is InChI=1S/C14H20FNO/c1-11(17)12-6-7-14(13(15)10-12)16-8-4-2-3-5-9-16/h6-7,10-11,17H,2-5,8-9H2,1H3/t11-/m1/s1. The number of benzene rings is 1. The highest BCUT2D eigenvalue weighted by molar-refractivity contribution is 5.49. The van der Waals surface area contributed by atoms with Crippen LogP contribution in [0.4, 0.5) is 10.1 Å². The van der Waals surface area contributed by atoms with Gasteiger partial charge in [0.1, 0.15) is 5.82 Å². The number of hydrogen-bond donors (Lipinski definition) is 1. The zero-order valence-electron chi connectivity index (χ0n) is 10.3. The molecule has 2 rings (SSSR count). The van der Waals surface area contributed by atoms with Gasteiger partial charge in [0.05, 0.1) is 11.8 Å². The molecule has 0 amide bonds. The first-order valence-electron chi connectivity index (χ1n) is 6.41. The van der Waals surface area contributed by atoms with Gasteiger partial charge < -0.3 is 10.0 Å². The molecule has 0 bridgehead atoms. The van der Waals surface area contributed by atoms with Crippen LogP contribution in [0.1, 0.15) is 44.3 Å². The molecule has 1 aromatic rings. The lowest BCUT2D eigenvalue weighted by Crippen LogP contribution is -2.24. The van der Waals surface area contributed by atoms with Gasteiger partial charge in [-0.05, 0) is 37.5 Å². The van der Waals surface area contributed by atoms with Crippen LogP contribution < -0.4 is 4.90 Å². The Morgan fingerprint density at radius 1 is 1.18 bits per heavy atom. The first-order chi connectivity index (χ1) is 8.18. The minimum absolute atomic E-state index is 0.217. The van der Waals surface area contributed by atoms with E-state index in [1.165, 1.54) is 18.9 Å². The van der Waals surface area contributed by atoms with E-state index in [-0.39, 0.29) is 5.82 Å². The van der Waals surface area contributed by atoms with Crippen molar-refractivity contribution in [3.8, 4) is 0 Å². The number of hydrogen-bond acceptors (Lipinski definition) is 2. The van der Waals surface area contributed by atoms with Crippen molar-refractivity contribution in [2.24, 2.45) is 0 Å². The topological polar surface area (TPSA) is 23.5 Å². The summed E-state index contributed by atoms with van der Waals surface area (Å²) in [7, 11) is 0. The van der Waals surface area contributed by atoms with Crippen LogP contribution in [0.2, 0.25) is 0 Å². The van der Waals surface area contributed by atoms with E-state index in [2.05, 4.69) is 4.90 Å². The Bertz CT molecular complexity index is 370. The van der Waals surface area contributed by atoms with E-state index in [1.807, 2.05) is 6.07 Å². The lowest BCUT2D eigenvalue weighted by atomic mass is 10.1. The molecule has 0 radical (unpaired) electrons. The molecule has 1 fully saturated rings. The fraction of sp³-hybridized carbons (Fsp3) is 0.571. The summed E-state index contributed by atoms with van der Waals surface area (Å²) in [5.41, 5.74) is 1.32. The summed E-state index contributed by atoms with van der Waals surface area (Å²) in [6, 6.07) is 5.06. The Kier molecular flexibility index (Phi) is 4.00. The summed E-state index contributed by atoms with van der Waals surface area (Å²) >= 11 is 0. The van der Waals surface area contributed by atoms with Crippen molar-refractivity contribution in [1.82, 2.24) is 0 Å². The van der Waals surface area contributed by atoms with E-state index >= 15 is 0 Å². The van der Waals surface area contributed by atoms with Gasteiger partial charge in [-0.3, -0.25) is 0 Å². The van der Waals surface area contributed by atoms with Crippen molar-refractivity contribution in [1.29, 1.82) is 0 Å². The number of nitrogens with zero attached hydrogens (tertiary/aromatic N) is 1. The minimum atomic E-state index is -0.609. The molecule has 1 heterocycles. The molecule has 0 aromatic heterocycles. The molecule has 3 heteroatoms. The average Bonchev–Trinajstić information content (AvgIpc) is 2.57. The van der Waals surface area contributed by atoms with Crippen molar-refractivity contribution in [2.75, 3.05) is 18.0 Å². The van der Waals surface area contributed by atoms with Crippen molar-refractivity contribution in [2.45, 2.75) is 38.7 Å². The molecule has 1 atom stereocenters. The third-order valence-electron chi connectivity index (χ3n) is 3.40. The van der Waals surface area contributed by atoms with E-state index in [1.54, 1.807) is 13.0 Å². The van der Waals surface area contributed by atoms with E-state index < -0.39 is 6.10 Å². The molecule has 0 unspecified atom stereocenters. The van der Waals surface area contributed by atoms with Crippen LogP contribution in [0.25, 0.3) is 0 Å². The Hall–Kier alpha value is -1.09. The maximum Gasteiger partial charge on any atom is 0.146 e. The second kappa shape index (κ2) is 5.50. The van der Waals surface area contributed by atoms with Crippen molar-refractivity contribution in [3.63, 3.8) is 0 Å². The van der Waals surface area contributed by atoms with Crippen LogP contribution >= 0.6 is 0 Å². The van der Waals surface area contributed by atoms with Gasteiger partial charge in [0.2, 0.25) is 0 Å². The van der Waals surface area contributed by atoms with E-state index in [4.69, 9.17) is 0 Å². The highest BCUT2D eigenvalue weighted by Crippen LogP contribution is 2.25. The van der Waals surface area contributed by atoms with Crippen LogP contribution in [0, 0.1) is 5.82 Å². The van der Waals surface area contributed by atoms with Crippen molar-refractivity contribution in [3.05, 3.63) is 29.6 Å². The highest BCUT2D eigenvalue weighted by atomic mass is 19.1. The summed E-state index contributed by atoms with van der Waals surface area (Å²) in [5, 5.41) is 9.41. The van der Waals surface area contributed by atoms with Gasteiger partial charge in [-0.1, -0.05) is 18.9 Å². The first kappa shape index (κ1) is 12.4. The van der Waals surface area contributed by atoms with E-state index in [0.717, 1.165) is 25.9 Å². The largest absolute Gasteiger partial charge is 0.389 e. The molecule has 1 aliphatic heterocycles. The van der Waals surface area contributed by atoms with Gasteiger partial charge in [0.25, 0.3) is 0 Å². The second-order valence-electron chi connectivity index (χ2n) is 4.79. The average molecular weight is 237 g/mol. The normalized spacial score (nSPS) is 18.9. The highest BCUT2D eigenvalue weighted by Gasteiger charge is 2.14. The molecule has 1 aliphatic rings. The Labute approximate surface area is 102 Å². The molecule has 1 saturated heterocycles. The summed E-state index contributed by atoms with van der Waals surface area (Å²) in [6.07, 6.45) is 4.14. The van der Waals surface area contributed by atoms with Crippen LogP contribution in [-0.4, -0.2) is 18.2 Å². The zero-order chi connectivity index (χ0) is 12.3. The molecule has 17 heavy (non-hydrogen) atoms. The maximum absolute atomic E-state index is 14.0. The summed E-state index contributed by atoms with van der Waals surface area (Å²) in [4.78, 5) is 2.12. The van der Waals surface area contributed by atoms with E-state index in [0.29, 0.717) is 11.3 Å².